The number of rotatable bonds is 12. The van der Waals surface area contributed by atoms with Crippen molar-refractivity contribution in [3.8, 4) is 0 Å². The number of nitrogens with zero attached hydrogens (tertiary/aromatic N) is 2. The van der Waals surface area contributed by atoms with Gasteiger partial charge in [-0.25, -0.2) is 0 Å². The molecule has 1 aromatic rings. The molecule has 0 fully saturated rings. The number of hydrogen-bond acceptors (Lipinski definition) is 4. The Morgan fingerprint density at radius 2 is 1.00 bits per heavy atom. The van der Waals surface area contributed by atoms with E-state index < -0.39 is 0 Å². The first kappa shape index (κ1) is 29.7. The summed E-state index contributed by atoms with van der Waals surface area (Å²) in [6.07, 6.45) is 14.4. The van der Waals surface area contributed by atoms with Gasteiger partial charge in [0.25, 0.3) is 0 Å². The fourth-order valence-corrected chi connectivity index (χ4v) is 5.14. The highest BCUT2D eigenvalue weighted by Gasteiger charge is 2.18. The molecule has 0 saturated heterocycles. The molecule has 0 spiro atoms. The molecule has 0 aliphatic heterocycles. The Morgan fingerprint density at radius 1 is 0.658 bits per heavy atom. The zero-order valence-corrected chi connectivity index (χ0v) is 24.4. The first-order chi connectivity index (χ1) is 18.3. The smallest absolute Gasteiger partial charge is 0.185 e. The van der Waals surface area contributed by atoms with Gasteiger partial charge in [0.2, 0.25) is 0 Å². The molecule has 2 aliphatic carbocycles. The van der Waals surface area contributed by atoms with Crippen molar-refractivity contribution in [2.45, 2.75) is 53.4 Å². The summed E-state index contributed by atoms with van der Waals surface area (Å²) in [5.41, 5.74) is 5.25. The maximum absolute atomic E-state index is 12.7. The third kappa shape index (κ3) is 7.61. The average molecular weight is 554 g/mol. The lowest BCUT2D eigenvalue weighted by atomic mass is 10.0. The van der Waals surface area contributed by atoms with Gasteiger partial charge >= 0.3 is 0 Å². The highest BCUT2D eigenvalue weighted by molar-refractivity contribution is 6.33. The van der Waals surface area contributed by atoms with Crippen molar-refractivity contribution in [3.05, 3.63) is 104 Å². The van der Waals surface area contributed by atoms with Crippen LogP contribution in [0.1, 0.15) is 74.1 Å². The van der Waals surface area contributed by atoms with E-state index in [1.54, 1.807) is 36.4 Å². The molecule has 38 heavy (non-hydrogen) atoms. The highest BCUT2D eigenvalue weighted by atomic mass is 35.5. The maximum Gasteiger partial charge on any atom is 0.185 e. The molecule has 0 saturated carbocycles. The molecular formula is C32H38Cl2N2O2. The van der Waals surface area contributed by atoms with Gasteiger partial charge in [-0.05, 0) is 87.8 Å². The van der Waals surface area contributed by atoms with Crippen LogP contribution < -0.4 is 0 Å². The van der Waals surface area contributed by atoms with E-state index in [0.29, 0.717) is 11.1 Å². The third-order valence-electron chi connectivity index (χ3n) is 7.08. The molecule has 0 unspecified atom stereocenters. The standard InChI is InChI=1S/C32H38Cl2N2O2/c1-5-35(6-2)21-27-15-13-25(31(27)33)17-19-29(37)23-9-11-24(12-10-23)30(38)20-18-26-14-16-28(32(26)34)22-36(7-3)8-4/h9-12,17-22H,5-8,13-16H2,1-4H3/b19-17+,20-18+,27-21+,28-22+. The molecule has 0 radical (unpaired) electrons. The lowest BCUT2D eigenvalue weighted by molar-refractivity contribution is 0.103. The zero-order valence-electron chi connectivity index (χ0n) is 22.9. The second kappa shape index (κ2) is 14.4. The van der Waals surface area contributed by atoms with Gasteiger partial charge in [-0.2, -0.15) is 0 Å². The number of carbonyl (C=O) groups is 2. The first-order valence-corrected chi connectivity index (χ1v) is 14.3. The number of hydrogen-bond donors (Lipinski definition) is 0. The lowest BCUT2D eigenvalue weighted by Gasteiger charge is -2.16. The normalized spacial score (nSPS) is 18.2. The van der Waals surface area contributed by atoms with Crippen LogP contribution in [0, 0.1) is 0 Å². The minimum Gasteiger partial charge on any atom is -0.378 e. The molecule has 0 aromatic heterocycles. The van der Waals surface area contributed by atoms with Crippen LogP contribution >= 0.6 is 23.2 Å². The van der Waals surface area contributed by atoms with Crippen LogP contribution in [0.15, 0.2) is 93.3 Å². The maximum atomic E-state index is 12.7. The number of ketones is 2. The van der Waals surface area contributed by atoms with Gasteiger partial charge in [0.05, 0.1) is 0 Å². The fraction of sp³-hybridized carbons (Fsp3) is 0.375. The van der Waals surface area contributed by atoms with Crippen LogP contribution in [0.5, 0.6) is 0 Å². The Labute approximate surface area is 237 Å². The summed E-state index contributed by atoms with van der Waals surface area (Å²) in [6.45, 7) is 12.2. The topological polar surface area (TPSA) is 40.6 Å². The minimum atomic E-state index is -0.118. The molecular weight excluding hydrogens is 515 g/mol. The monoisotopic (exact) mass is 552 g/mol. The van der Waals surface area contributed by atoms with Crippen LogP contribution in [0.4, 0.5) is 0 Å². The second-order valence-electron chi connectivity index (χ2n) is 9.40. The summed E-state index contributed by atoms with van der Waals surface area (Å²) < 4.78 is 0. The van der Waals surface area contributed by atoms with Crippen LogP contribution in [0.3, 0.4) is 0 Å². The number of benzene rings is 1. The molecule has 3 rings (SSSR count). The summed E-state index contributed by atoms with van der Waals surface area (Å²) in [4.78, 5) is 29.9. The molecule has 202 valence electrons. The van der Waals surface area contributed by atoms with E-state index in [4.69, 9.17) is 23.2 Å². The first-order valence-electron chi connectivity index (χ1n) is 13.5. The lowest BCUT2D eigenvalue weighted by Crippen LogP contribution is -2.16. The van der Waals surface area contributed by atoms with Gasteiger partial charge in [-0.15, -0.1) is 0 Å². The second-order valence-corrected chi connectivity index (χ2v) is 10.2. The van der Waals surface area contributed by atoms with Crippen molar-refractivity contribution in [1.82, 2.24) is 9.80 Å². The van der Waals surface area contributed by atoms with E-state index in [1.165, 1.54) is 0 Å². The molecule has 4 nitrogen and oxygen atoms in total. The Morgan fingerprint density at radius 3 is 1.32 bits per heavy atom. The van der Waals surface area contributed by atoms with Gasteiger partial charge in [0.15, 0.2) is 11.6 Å². The van der Waals surface area contributed by atoms with Gasteiger partial charge in [-0.3, -0.25) is 9.59 Å². The summed E-state index contributed by atoms with van der Waals surface area (Å²) in [7, 11) is 0. The van der Waals surface area contributed by atoms with Crippen molar-refractivity contribution in [2.75, 3.05) is 26.2 Å². The van der Waals surface area contributed by atoms with Gasteiger partial charge < -0.3 is 9.80 Å². The molecule has 0 amide bonds. The SMILES string of the molecule is CCN(/C=C1\CCC(/C=C/C(=O)c2ccc(C(=O)/C=C/C3=C(Cl)C(=C/N(CC)CC)/CC3)cc2)=C1Cl)CC. The molecule has 0 atom stereocenters. The Balaban J connectivity index is 1.64. The molecule has 2 aliphatic rings. The van der Waals surface area contributed by atoms with Crippen molar-refractivity contribution < 1.29 is 9.59 Å². The quantitative estimate of drug-likeness (QED) is 0.193. The highest BCUT2D eigenvalue weighted by Crippen LogP contribution is 2.36. The summed E-state index contributed by atoms with van der Waals surface area (Å²) >= 11 is 13.2. The number of carbonyl (C=O) groups excluding carboxylic acids is 2. The van der Waals surface area contributed by atoms with E-state index in [0.717, 1.165) is 84.2 Å². The van der Waals surface area contributed by atoms with E-state index >= 15 is 0 Å². The van der Waals surface area contributed by atoms with Crippen molar-refractivity contribution in [1.29, 1.82) is 0 Å². The largest absolute Gasteiger partial charge is 0.378 e. The number of halogens is 2. The number of allylic oxidation sites excluding steroid dienone is 10. The molecule has 0 bridgehead atoms. The van der Waals surface area contributed by atoms with Gasteiger partial charge in [0.1, 0.15) is 0 Å². The Kier molecular flexibility index (Phi) is 11.2. The van der Waals surface area contributed by atoms with Crippen LogP contribution in [0.25, 0.3) is 0 Å². The molecule has 0 heterocycles. The molecule has 0 N–H and O–H groups in total. The predicted molar refractivity (Wildman–Crippen MR) is 160 cm³/mol. The van der Waals surface area contributed by atoms with Gasteiger partial charge in [-0.1, -0.05) is 59.6 Å². The summed E-state index contributed by atoms with van der Waals surface area (Å²) in [6, 6.07) is 6.77. The third-order valence-corrected chi connectivity index (χ3v) is 8.05. The van der Waals surface area contributed by atoms with Crippen LogP contribution in [-0.2, 0) is 0 Å². The van der Waals surface area contributed by atoms with Gasteiger partial charge in [0, 0.05) is 59.8 Å². The van der Waals surface area contributed by atoms with E-state index in [1.807, 2.05) is 12.2 Å². The zero-order chi connectivity index (χ0) is 27.7. The van der Waals surface area contributed by atoms with Crippen LogP contribution in [0.2, 0.25) is 0 Å². The Hall–Kier alpha value is -2.82. The van der Waals surface area contributed by atoms with Crippen molar-refractivity contribution in [3.63, 3.8) is 0 Å². The average Bonchev–Trinajstić information content (AvgIpc) is 3.47. The minimum absolute atomic E-state index is 0.118. The fourth-order valence-electron chi connectivity index (χ4n) is 4.54. The van der Waals surface area contributed by atoms with E-state index in [2.05, 4.69) is 49.9 Å². The van der Waals surface area contributed by atoms with E-state index in [9.17, 15) is 9.59 Å². The van der Waals surface area contributed by atoms with Crippen LogP contribution in [-0.4, -0.2) is 47.5 Å². The molecule has 1 aromatic carbocycles. The van der Waals surface area contributed by atoms with E-state index in [-0.39, 0.29) is 11.6 Å². The molecule has 6 heteroatoms. The summed E-state index contributed by atoms with van der Waals surface area (Å²) in [5.74, 6) is -0.235. The Bertz CT molecular complexity index is 1110. The predicted octanol–water partition coefficient (Wildman–Crippen LogP) is 8.19. The summed E-state index contributed by atoms with van der Waals surface area (Å²) in [5, 5.41) is 1.48. The van der Waals surface area contributed by atoms with Crippen molar-refractivity contribution >= 4 is 34.8 Å². The van der Waals surface area contributed by atoms with Crippen molar-refractivity contribution in [2.24, 2.45) is 0 Å².